The molecule has 2 aromatic rings. The largest absolute Gasteiger partial charge is 0.494 e. The number of nitro benzene ring substituents is 1. The number of nitrogens with one attached hydrogen (secondary N) is 1. The lowest BCUT2D eigenvalue weighted by Crippen LogP contribution is -2.11. The van der Waals surface area contributed by atoms with Gasteiger partial charge in [-0.3, -0.25) is 14.9 Å². The summed E-state index contributed by atoms with van der Waals surface area (Å²) in [5, 5.41) is 13.4. The SMILES string of the molecule is COc1cc([N+](=O)[O-])ccc1NC(=O)c1cc(C)c(Br)s1. The lowest BCUT2D eigenvalue weighted by atomic mass is 10.2. The first-order valence-electron chi connectivity index (χ1n) is 5.82. The normalized spacial score (nSPS) is 10.2. The molecule has 1 amide bonds. The highest BCUT2D eigenvalue weighted by Crippen LogP contribution is 2.31. The van der Waals surface area contributed by atoms with Crippen molar-refractivity contribution in [2.75, 3.05) is 12.4 Å². The minimum absolute atomic E-state index is 0.0976. The summed E-state index contributed by atoms with van der Waals surface area (Å²) in [6.45, 7) is 1.89. The zero-order valence-corrected chi connectivity index (χ0v) is 13.6. The van der Waals surface area contributed by atoms with Gasteiger partial charge in [-0.2, -0.15) is 0 Å². The second-order valence-electron chi connectivity index (χ2n) is 4.16. The van der Waals surface area contributed by atoms with E-state index in [0.29, 0.717) is 10.6 Å². The van der Waals surface area contributed by atoms with Crippen LogP contribution in [-0.2, 0) is 0 Å². The fraction of sp³-hybridized carbons (Fsp3) is 0.154. The third-order valence-electron chi connectivity index (χ3n) is 2.73. The molecule has 0 fully saturated rings. The summed E-state index contributed by atoms with van der Waals surface area (Å²) in [7, 11) is 1.39. The number of nitrogens with zero attached hydrogens (tertiary/aromatic N) is 1. The van der Waals surface area contributed by atoms with Crippen molar-refractivity contribution in [1.82, 2.24) is 0 Å². The van der Waals surface area contributed by atoms with Gasteiger partial charge < -0.3 is 10.1 Å². The number of carbonyl (C=O) groups excluding carboxylic acids is 1. The molecular weight excluding hydrogens is 360 g/mol. The topological polar surface area (TPSA) is 81.5 Å². The van der Waals surface area contributed by atoms with Crippen LogP contribution in [0.4, 0.5) is 11.4 Å². The van der Waals surface area contributed by atoms with Gasteiger partial charge >= 0.3 is 0 Å². The molecule has 0 saturated carbocycles. The Bertz CT molecular complexity index is 695. The highest BCUT2D eigenvalue weighted by atomic mass is 79.9. The van der Waals surface area contributed by atoms with Gasteiger partial charge in [-0.15, -0.1) is 11.3 Å². The minimum Gasteiger partial charge on any atom is -0.494 e. The van der Waals surface area contributed by atoms with Crippen LogP contribution in [0.5, 0.6) is 5.75 Å². The monoisotopic (exact) mass is 370 g/mol. The number of non-ortho nitro benzene ring substituents is 1. The number of thiophene rings is 1. The van der Waals surface area contributed by atoms with Crippen molar-refractivity contribution in [1.29, 1.82) is 0 Å². The van der Waals surface area contributed by atoms with Crippen LogP contribution < -0.4 is 10.1 Å². The number of methoxy groups -OCH3 is 1. The molecule has 0 aliphatic carbocycles. The van der Waals surface area contributed by atoms with E-state index in [9.17, 15) is 14.9 Å². The van der Waals surface area contributed by atoms with E-state index in [0.717, 1.165) is 9.35 Å². The zero-order valence-electron chi connectivity index (χ0n) is 11.2. The average Bonchev–Trinajstić information content (AvgIpc) is 2.79. The van der Waals surface area contributed by atoms with Gasteiger partial charge in [0.1, 0.15) is 5.75 Å². The fourth-order valence-corrected chi connectivity index (χ4v) is 3.08. The molecule has 0 radical (unpaired) electrons. The second-order valence-corrected chi connectivity index (χ2v) is 6.53. The lowest BCUT2D eigenvalue weighted by molar-refractivity contribution is -0.384. The van der Waals surface area contributed by atoms with Crippen molar-refractivity contribution in [3.8, 4) is 5.75 Å². The van der Waals surface area contributed by atoms with Gasteiger partial charge in [-0.05, 0) is 40.5 Å². The van der Waals surface area contributed by atoms with Crippen molar-refractivity contribution >= 4 is 44.5 Å². The summed E-state index contributed by atoms with van der Waals surface area (Å²) < 4.78 is 5.97. The van der Waals surface area contributed by atoms with Crippen LogP contribution in [0, 0.1) is 17.0 Å². The number of anilines is 1. The number of rotatable bonds is 4. The molecule has 0 spiro atoms. The van der Waals surface area contributed by atoms with Crippen molar-refractivity contribution in [2.45, 2.75) is 6.92 Å². The number of halogens is 1. The molecule has 1 aromatic heterocycles. The van der Waals surface area contributed by atoms with Crippen molar-refractivity contribution in [3.63, 3.8) is 0 Å². The summed E-state index contributed by atoms with van der Waals surface area (Å²) in [5.74, 6) is -0.0501. The lowest BCUT2D eigenvalue weighted by Gasteiger charge is -2.09. The van der Waals surface area contributed by atoms with Gasteiger partial charge in [0.05, 0.1) is 32.5 Å². The maximum atomic E-state index is 12.2. The number of hydrogen-bond donors (Lipinski definition) is 1. The summed E-state index contributed by atoms with van der Waals surface area (Å²) in [6.07, 6.45) is 0. The zero-order chi connectivity index (χ0) is 15.6. The maximum absolute atomic E-state index is 12.2. The van der Waals surface area contributed by atoms with E-state index >= 15 is 0 Å². The van der Waals surface area contributed by atoms with Gasteiger partial charge in [0, 0.05) is 6.07 Å². The molecule has 1 N–H and O–H groups in total. The van der Waals surface area contributed by atoms with Crippen LogP contribution in [0.25, 0.3) is 0 Å². The van der Waals surface area contributed by atoms with Crippen LogP contribution in [0.15, 0.2) is 28.1 Å². The first kappa shape index (κ1) is 15.5. The Morgan fingerprint density at radius 3 is 2.67 bits per heavy atom. The van der Waals surface area contributed by atoms with Crippen molar-refractivity contribution in [2.24, 2.45) is 0 Å². The van der Waals surface area contributed by atoms with Crippen LogP contribution >= 0.6 is 27.3 Å². The molecule has 0 bridgehead atoms. The molecule has 0 aliphatic rings. The molecule has 0 saturated heterocycles. The molecule has 6 nitrogen and oxygen atoms in total. The highest BCUT2D eigenvalue weighted by Gasteiger charge is 2.16. The summed E-state index contributed by atoms with van der Waals surface area (Å²) in [4.78, 5) is 22.9. The van der Waals surface area contributed by atoms with E-state index in [4.69, 9.17) is 4.74 Å². The maximum Gasteiger partial charge on any atom is 0.273 e. The van der Waals surface area contributed by atoms with Crippen LogP contribution in [0.1, 0.15) is 15.2 Å². The molecule has 0 unspecified atom stereocenters. The third kappa shape index (κ3) is 3.40. The standard InChI is InChI=1S/C13H11BrN2O4S/c1-7-5-11(21-12(7)14)13(17)15-9-4-3-8(16(18)19)6-10(9)20-2/h3-6H,1-2H3,(H,15,17). The Labute approximate surface area is 133 Å². The molecule has 1 aromatic carbocycles. The number of hydrogen-bond acceptors (Lipinski definition) is 5. The average molecular weight is 371 g/mol. The van der Waals surface area contributed by atoms with Crippen LogP contribution in [0.2, 0.25) is 0 Å². The predicted octanol–water partition coefficient (Wildman–Crippen LogP) is 3.99. The molecule has 8 heteroatoms. The van der Waals surface area contributed by atoms with E-state index in [1.165, 1.54) is 36.6 Å². The molecule has 21 heavy (non-hydrogen) atoms. The Morgan fingerprint density at radius 1 is 1.43 bits per heavy atom. The fourth-order valence-electron chi connectivity index (χ4n) is 1.65. The van der Waals surface area contributed by atoms with Crippen molar-refractivity contribution < 1.29 is 14.5 Å². The molecule has 0 atom stereocenters. The quantitative estimate of drug-likeness (QED) is 0.651. The first-order chi connectivity index (χ1) is 9.92. The number of carbonyl (C=O) groups is 1. The Kier molecular flexibility index (Phi) is 4.59. The number of nitro groups is 1. The summed E-state index contributed by atoms with van der Waals surface area (Å²) in [6, 6.07) is 5.80. The number of amides is 1. The summed E-state index contributed by atoms with van der Waals surface area (Å²) in [5.41, 5.74) is 1.26. The van der Waals surface area contributed by atoms with Gasteiger partial charge in [-0.25, -0.2) is 0 Å². The van der Waals surface area contributed by atoms with Gasteiger partial charge in [0.15, 0.2) is 0 Å². The first-order valence-corrected chi connectivity index (χ1v) is 7.43. The van der Waals surface area contributed by atoms with E-state index in [1.807, 2.05) is 6.92 Å². The van der Waals surface area contributed by atoms with Crippen molar-refractivity contribution in [3.05, 3.63) is 48.6 Å². The minimum atomic E-state index is -0.520. The van der Waals surface area contributed by atoms with E-state index < -0.39 is 4.92 Å². The Morgan fingerprint density at radius 2 is 2.14 bits per heavy atom. The molecule has 2 rings (SSSR count). The second kappa shape index (κ2) is 6.23. The Balaban J connectivity index is 2.26. The molecule has 1 heterocycles. The van der Waals surface area contributed by atoms with E-state index in [-0.39, 0.29) is 17.3 Å². The smallest absolute Gasteiger partial charge is 0.273 e. The number of aryl methyl sites for hydroxylation is 1. The molecule has 110 valence electrons. The van der Waals surface area contributed by atoms with Gasteiger partial charge in [0.2, 0.25) is 0 Å². The molecule has 0 aliphatic heterocycles. The van der Waals surface area contributed by atoms with Crippen LogP contribution in [-0.4, -0.2) is 17.9 Å². The Hall–Kier alpha value is -1.93. The highest BCUT2D eigenvalue weighted by molar-refractivity contribution is 9.11. The van der Waals surface area contributed by atoms with Crippen LogP contribution in [0.3, 0.4) is 0 Å². The van der Waals surface area contributed by atoms with Gasteiger partial charge in [-0.1, -0.05) is 0 Å². The van der Waals surface area contributed by atoms with Gasteiger partial charge in [0.25, 0.3) is 11.6 Å². The predicted molar refractivity (Wildman–Crippen MR) is 84.4 cm³/mol. The van der Waals surface area contributed by atoms with E-state index in [2.05, 4.69) is 21.2 Å². The molecular formula is C13H11BrN2O4S. The third-order valence-corrected chi connectivity index (χ3v) is 4.86. The number of benzene rings is 1. The van der Waals surface area contributed by atoms with E-state index in [1.54, 1.807) is 6.07 Å². The summed E-state index contributed by atoms with van der Waals surface area (Å²) >= 11 is 4.68. The number of ether oxygens (including phenoxy) is 1.